The minimum absolute atomic E-state index is 0. The third kappa shape index (κ3) is 3.44. The molecule has 0 saturated carbocycles. The Balaban J connectivity index is 0.00000220. The van der Waals surface area contributed by atoms with E-state index >= 15 is 0 Å². The summed E-state index contributed by atoms with van der Waals surface area (Å²) in [5.41, 5.74) is 7.26. The monoisotopic (exact) mass is 330 g/mol. The Morgan fingerprint density at radius 1 is 1.29 bits per heavy atom. The van der Waals surface area contributed by atoms with Crippen molar-refractivity contribution in [3.63, 3.8) is 0 Å². The van der Waals surface area contributed by atoms with E-state index < -0.39 is 11.0 Å². The van der Waals surface area contributed by atoms with Gasteiger partial charge in [-0.05, 0) is 28.5 Å². The van der Waals surface area contributed by atoms with E-state index in [4.69, 9.17) is 15.2 Å². The van der Waals surface area contributed by atoms with Crippen molar-refractivity contribution in [3.05, 3.63) is 50.2 Å². The molecule has 2 N–H and O–H groups in total. The number of benzene rings is 1. The van der Waals surface area contributed by atoms with Crippen LogP contribution in [-0.2, 0) is 0 Å². The summed E-state index contributed by atoms with van der Waals surface area (Å²) >= 11 is 1.49. The Morgan fingerprint density at radius 3 is 2.38 bits per heavy atom. The summed E-state index contributed by atoms with van der Waals surface area (Å²) in [6.45, 7) is 0. The molecule has 0 aliphatic rings. The Morgan fingerprint density at radius 2 is 1.90 bits per heavy atom. The van der Waals surface area contributed by atoms with Crippen LogP contribution in [0.2, 0.25) is 0 Å². The molecular weight excluding hydrogens is 316 g/mol. The van der Waals surface area contributed by atoms with Crippen molar-refractivity contribution in [1.82, 2.24) is 0 Å². The van der Waals surface area contributed by atoms with E-state index in [2.05, 4.69) is 0 Å². The van der Waals surface area contributed by atoms with Gasteiger partial charge in [0.25, 0.3) is 5.69 Å². The molecule has 21 heavy (non-hydrogen) atoms. The standard InChI is InChI=1S/C13H14N2O4S.ClH/c1-18-11-5-9(13(14)8-3-4-20-7-8)10(15(16)17)6-12(11)19-2;/h3-7,13H,14H2,1-2H3;1H/t13-;/m1./s1. The highest BCUT2D eigenvalue weighted by molar-refractivity contribution is 7.08. The predicted molar refractivity (Wildman–Crippen MR) is 83.8 cm³/mol. The van der Waals surface area contributed by atoms with Gasteiger partial charge in [0.15, 0.2) is 11.5 Å². The highest BCUT2D eigenvalue weighted by Gasteiger charge is 2.24. The number of hydrogen-bond acceptors (Lipinski definition) is 6. The van der Waals surface area contributed by atoms with E-state index in [0.29, 0.717) is 17.1 Å². The van der Waals surface area contributed by atoms with Gasteiger partial charge in [0.2, 0.25) is 0 Å². The van der Waals surface area contributed by atoms with Gasteiger partial charge >= 0.3 is 0 Å². The second-order valence-electron chi connectivity index (χ2n) is 4.06. The Bertz CT molecular complexity index is 619. The first-order valence-electron chi connectivity index (χ1n) is 5.76. The van der Waals surface area contributed by atoms with Crippen molar-refractivity contribution >= 4 is 29.4 Å². The number of thiophene rings is 1. The van der Waals surface area contributed by atoms with Gasteiger partial charge in [0.05, 0.1) is 36.8 Å². The number of methoxy groups -OCH3 is 2. The van der Waals surface area contributed by atoms with Gasteiger partial charge in [0, 0.05) is 0 Å². The van der Waals surface area contributed by atoms with Crippen LogP contribution in [0, 0.1) is 10.1 Å². The molecule has 114 valence electrons. The molecule has 0 aliphatic heterocycles. The van der Waals surface area contributed by atoms with E-state index in [0.717, 1.165) is 5.56 Å². The molecule has 0 unspecified atom stereocenters. The maximum absolute atomic E-state index is 11.2. The number of hydrogen-bond donors (Lipinski definition) is 1. The van der Waals surface area contributed by atoms with Crippen LogP contribution in [0.4, 0.5) is 5.69 Å². The van der Waals surface area contributed by atoms with Crippen LogP contribution in [0.15, 0.2) is 29.0 Å². The van der Waals surface area contributed by atoms with Crippen LogP contribution >= 0.6 is 23.7 Å². The normalized spacial score (nSPS) is 11.4. The lowest BCUT2D eigenvalue weighted by Gasteiger charge is -2.14. The molecule has 1 heterocycles. The lowest BCUT2D eigenvalue weighted by Crippen LogP contribution is -2.13. The average molecular weight is 331 g/mol. The topological polar surface area (TPSA) is 87.6 Å². The van der Waals surface area contributed by atoms with Gasteiger partial charge in [0.1, 0.15) is 0 Å². The number of ether oxygens (including phenoxy) is 2. The molecule has 6 nitrogen and oxygen atoms in total. The van der Waals surface area contributed by atoms with Gasteiger partial charge in [-0.25, -0.2) is 0 Å². The lowest BCUT2D eigenvalue weighted by atomic mass is 9.99. The summed E-state index contributed by atoms with van der Waals surface area (Å²) in [5, 5.41) is 15.0. The zero-order valence-corrected chi connectivity index (χ0v) is 13.1. The first-order chi connectivity index (χ1) is 9.58. The minimum Gasteiger partial charge on any atom is -0.493 e. The molecule has 1 aromatic heterocycles. The Kier molecular flexibility index (Phi) is 5.95. The fourth-order valence-electron chi connectivity index (χ4n) is 1.92. The van der Waals surface area contributed by atoms with E-state index in [-0.39, 0.29) is 18.1 Å². The molecule has 0 fully saturated rings. The van der Waals surface area contributed by atoms with E-state index in [1.54, 1.807) is 6.07 Å². The second-order valence-corrected chi connectivity index (χ2v) is 4.84. The number of nitro benzene ring substituents is 1. The molecule has 2 rings (SSSR count). The average Bonchev–Trinajstić information content (AvgIpc) is 2.98. The minimum atomic E-state index is -0.582. The van der Waals surface area contributed by atoms with Crippen LogP contribution in [0.1, 0.15) is 17.2 Å². The van der Waals surface area contributed by atoms with E-state index in [1.807, 2.05) is 16.8 Å². The second kappa shape index (κ2) is 7.26. The lowest BCUT2D eigenvalue weighted by molar-refractivity contribution is -0.385. The molecule has 0 spiro atoms. The third-order valence-electron chi connectivity index (χ3n) is 2.97. The van der Waals surface area contributed by atoms with Crippen molar-refractivity contribution in [2.75, 3.05) is 14.2 Å². The Hall–Kier alpha value is -1.83. The molecule has 0 radical (unpaired) electrons. The van der Waals surface area contributed by atoms with E-state index in [9.17, 15) is 10.1 Å². The number of halogens is 1. The maximum Gasteiger partial charge on any atom is 0.278 e. The van der Waals surface area contributed by atoms with Crippen LogP contribution in [0.5, 0.6) is 11.5 Å². The molecule has 0 amide bonds. The summed E-state index contributed by atoms with van der Waals surface area (Å²) < 4.78 is 10.3. The number of nitro groups is 1. The predicted octanol–water partition coefficient (Wildman–Crippen LogP) is 3.14. The molecule has 8 heteroatoms. The summed E-state index contributed by atoms with van der Waals surface area (Å²) in [6, 6.07) is 4.15. The number of rotatable bonds is 5. The smallest absolute Gasteiger partial charge is 0.278 e. The SMILES string of the molecule is COc1cc([C@H](N)c2ccsc2)c([N+](=O)[O-])cc1OC.Cl. The Labute approximate surface area is 132 Å². The van der Waals surface area contributed by atoms with Crippen molar-refractivity contribution in [1.29, 1.82) is 0 Å². The fraction of sp³-hybridized carbons (Fsp3) is 0.231. The summed E-state index contributed by atoms with van der Waals surface area (Å²) in [6.07, 6.45) is 0. The highest BCUT2D eigenvalue weighted by Crippen LogP contribution is 2.38. The van der Waals surface area contributed by atoms with Crippen LogP contribution in [-0.4, -0.2) is 19.1 Å². The summed E-state index contributed by atoms with van der Waals surface area (Å²) in [7, 11) is 2.91. The zero-order chi connectivity index (χ0) is 14.7. The van der Waals surface area contributed by atoms with Crippen LogP contribution in [0.3, 0.4) is 0 Å². The van der Waals surface area contributed by atoms with Gasteiger partial charge in [-0.3, -0.25) is 10.1 Å². The van der Waals surface area contributed by atoms with Gasteiger partial charge in [-0.1, -0.05) is 0 Å². The number of nitrogens with zero attached hydrogens (tertiary/aromatic N) is 1. The summed E-state index contributed by atoms with van der Waals surface area (Å²) in [4.78, 5) is 10.8. The van der Waals surface area contributed by atoms with Gasteiger partial charge in [-0.2, -0.15) is 11.3 Å². The van der Waals surface area contributed by atoms with Crippen LogP contribution in [0.25, 0.3) is 0 Å². The zero-order valence-electron chi connectivity index (χ0n) is 11.4. The maximum atomic E-state index is 11.2. The fourth-order valence-corrected chi connectivity index (χ4v) is 2.62. The molecule has 1 atom stereocenters. The van der Waals surface area contributed by atoms with E-state index in [1.165, 1.54) is 31.6 Å². The first-order valence-corrected chi connectivity index (χ1v) is 6.70. The van der Waals surface area contributed by atoms with Crippen molar-refractivity contribution < 1.29 is 14.4 Å². The quantitative estimate of drug-likeness (QED) is 0.672. The molecular formula is C13H15ClN2O4S. The van der Waals surface area contributed by atoms with Crippen molar-refractivity contribution in [2.45, 2.75) is 6.04 Å². The number of nitrogens with two attached hydrogens (primary N) is 1. The largest absolute Gasteiger partial charge is 0.493 e. The molecule has 0 saturated heterocycles. The van der Waals surface area contributed by atoms with Crippen molar-refractivity contribution in [2.24, 2.45) is 5.73 Å². The molecule has 0 aliphatic carbocycles. The first kappa shape index (κ1) is 17.2. The van der Waals surface area contributed by atoms with Gasteiger partial charge < -0.3 is 15.2 Å². The van der Waals surface area contributed by atoms with Crippen molar-refractivity contribution in [3.8, 4) is 11.5 Å². The molecule has 0 bridgehead atoms. The van der Waals surface area contributed by atoms with Gasteiger partial charge in [-0.15, -0.1) is 12.4 Å². The van der Waals surface area contributed by atoms with Crippen LogP contribution < -0.4 is 15.2 Å². The molecule has 1 aromatic carbocycles. The summed E-state index contributed by atoms with van der Waals surface area (Å²) in [5.74, 6) is 0.722. The molecule has 2 aromatic rings. The third-order valence-corrected chi connectivity index (χ3v) is 3.67. The highest BCUT2D eigenvalue weighted by atomic mass is 35.5.